The molecule has 0 bridgehead atoms. The van der Waals surface area contributed by atoms with Crippen molar-refractivity contribution in [1.29, 1.82) is 0 Å². The lowest BCUT2D eigenvalue weighted by molar-refractivity contribution is -0.909. The van der Waals surface area contributed by atoms with Gasteiger partial charge in [0.25, 0.3) is 0 Å². The number of hydrogen-bond donors (Lipinski definition) is 3. The second-order valence-corrected chi connectivity index (χ2v) is 19.5. The van der Waals surface area contributed by atoms with Crippen molar-refractivity contribution >= 4 is 85.6 Å². The molecule has 66 heavy (non-hydrogen) atoms. The van der Waals surface area contributed by atoms with Crippen LogP contribution in [-0.2, 0) is 28.1 Å². The van der Waals surface area contributed by atoms with Gasteiger partial charge in [0.1, 0.15) is 6.61 Å². The van der Waals surface area contributed by atoms with Crippen molar-refractivity contribution in [3.8, 4) is 0 Å². The minimum Gasteiger partial charge on any atom is -0.459 e. The molecule has 0 aromatic carbocycles. The van der Waals surface area contributed by atoms with Crippen molar-refractivity contribution < 1.29 is 34.5 Å². The molecular formula is C50H65Br5N6O5+2. The SMILES string of the molecule is CC(=O)OCc1ncc(C)c(Br)c1C.Cc1c[n+](O)c(C)c(C)c1Br.Cc1cc(C)c(C)[n+](O)c1.Cc1cnc(C)c(C)c1.Cc1cnc(CBr)c(C)c1Br.Cc1cnc(CO)c(C)c1Br. The van der Waals surface area contributed by atoms with Gasteiger partial charge in [0.2, 0.25) is 23.8 Å². The van der Waals surface area contributed by atoms with Gasteiger partial charge in [0.05, 0.1) is 23.7 Å². The zero-order valence-electron chi connectivity index (χ0n) is 41.0. The van der Waals surface area contributed by atoms with Gasteiger partial charge in [-0.3, -0.25) is 35.1 Å². The predicted molar refractivity (Wildman–Crippen MR) is 280 cm³/mol. The molecule has 0 unspecified atom stereocenters. The lowest BCUT2D eigenvalue weighted by Crippen LogP contribution is -2.34. The number of hydrogen-bond acceptors (Lipinski definition) is 9. The van der Waals surface area contributed by atoms with Gasteiger partial charge in [-0.25, -0.2) is 0 Å². The first kappa shape index (κ1) is 60.3. The molecule has 0 aliphatic carbocycles. The van der Waals surface area contributed by atoms with Gasteiger partial charge >= 0.3 is 5.97 Å². The van der Waals surface area contributed by atoms with Gasteiger partial charge < -0.3 is 9.84 Å². The van der Waals surface area contributed by atoms with Crippen molar-refractivity contribution in [2.24, 2.45) is 0 Å². The molecule has 6 rings (SSSR count). The maximum Gasteiger partial charge on any atom is 0.303 e. The molecule has 11 nitrogen and oxygen atoms in total. The van der Waals surface area contributed by atoms with E-state index >= 15 is 0 Å². The Kier molecular flexibility index (Phi) is 26.8. The van der Waals surface area contributed by atoms with Crippen LogP contribution in [-0.4, -0.2) is 41.4 Å². The Bertz CT molecular complexity index is 2480. The Balaban J connectivity index is 0.000000398. The molecule has 0 spiro atoms. The molecule has 0 atom stereocenters. The zero-order valence-corrected chi connectivity index (χ0v) is 48.9. The topological polar surface area (TPSA) is 146 Å². The molecule has 0 saturated carbocycles. The van der Waals surface area contributed by atoms with Gasteiger partial charge in [-0.15, -0.1) is 0 Å². The Morgan fingerprint density at radius 3 is 1.39 bits per heavy atom. The van der Waals surface area contributed by atoms with Crippen molar-refractivity contribution in [3.05, 3.63) is 168 Å². The number of carbonyl (C=O) groups excluding carboxylic acids is 1. The standard InChI is InChI=1S/C10H12BrNO2.C8H9Br2N.C8H11BrNO.C8H10BrNO.C8H12NO.C8H11N/c1-6-4-12-9(5-14-8(3)13)7(2)10(6)11;1-5-4-11-7(3-9)6(2)8(5)10;1-5-4-10(11)7(3)6(2)8(5)9;1-5-3-10-7(4-11)6(2)8(5)9;1-6-4-7(2)8(3)9(10)5-6;1-6-4-7(2)8(3)9-5-6/h4H,5H2,1-3H3;4H,3H2,1-2H3;4,11H,1-3H3;3,11H,4H2,1-2H3;4-5,10H,1-3H3;4-5H,1-3H3/q;;+1;;+1;. The molecule has 0 aliphatic rings. The van der Waals surface area contributed by atoms with Gasteiger partial charge in [-0.05, 0) is 157 Å². The normalized spacial score (nSPS) is 10.0. The molecule has 6 heterocycles. The van der Waals surface area contributed by atoms with Gasteiger partial charge in [-0.2, -0.15) is 0 Å². The summed E-state index contributed by atoms with van der Waals surface area (Å²) in [5.74, 6) is -0.289. The molecule has 358 valence electrons. The molecule has 0 saturated heterocycles. The minimum atomic E-state index is -0.289. The number of aliphatic hydroxyl groups is 1. The highest BCUT2D eigenvalue weighted by atomic mass is 79.9. The highest BCUT2D eigenvalue weighted by molar-refractivity contribution is 9.11. The minimum absolute atomic E-state index is 0.00468. The number of carbonyl (C=O) groups is 1. The van der Waals surface area contributed by atoms with Crippen LogP contribution in [0.1, 0.15) is 108 Å². The monoisotopic (exact) mass is 1220 g/mol. The number of aromatic nitrogens is 6. The molecule has 0 aliphatic heterocycles. The summed E-state index contributed by atoms with van der Waals surface area (Å²) in [6.45, 7) is 31.4. The molecule has 3 N–H and O–H groups in total. The van der Waals surface area contributed by atoms with Gasteiger partial charge in [0, 0.05) is 106 Å². The third kappa shape index (κ3) is 19.1. The summed E-state index contributed by atoms with van der Waals surface area (Å²) in [4.78, 5) is 27.4. The second kappa shape index (κ2) is 29.3. The van der Waals surface area contributed by atoms with E-state index < -0.39 is 0 Å². The molecule has 6 aromatic heterocycles. The number of halogens is 5. The van der Waals surface area contributed by atoms with Crippen LogP contribution in [0.5, 0.6) is 0 Å². The van der Waals surface area contributed by atoms with E-state index in [9.17, 15) is 15.2 Å². The Morgan fingerprint density at radius 2 is 0.955 bits per heavy atom. The number of aliphatic hydroxyl groups excluding tert-OH is 1. The van der Waals surface area contributed by atoms with Crippen LogP contribution in [0.4, 0.5) is 0 Å². The van der Waals surface area contributed by atoms with E-state index in [0.717, 1.165) is 107 Å². The van der Waals surface area contributed by atoms with Crippen LogP contribution in [0.25, 0.3) is 0 Å². The first-order chi connectivity index (χ1) is 30.7. The average molecular weight is 1230 g/mol. The fourth-order valence-electron chi connectivity index (χ4n) is 5.56. The average Bonchev–Trinajstić information content (AvgIpc) is 3.26. The summed E-state index contributed by atoms with van der Waals surface area (Å²) in [7, 11) is 0. The zero-order chi connectivity index (χ0) is 50.7. The van der Waals surface area contributed by atoms with E-state index in [1.165, 1.54) is 33.7 Å². The van der Waals surface area contributed by atoms with Crippen molar-refractivity contribution in [2.45, 2.75) is 129 Å². The Morgan fingerprint density at radius 1 is 0.530 bits per heavy atom. The summed E-state index contributed by atoms with van der Waals surface area (Å²) in [6, 6.07) is 4.18. The number of aryl methyl sites for hydroxylation is 9. The summed E-state index contributed by atoms with van der Waals surface area (Å²) >= 11 is 17.2. The van der Waals surface area contributed by atoms with E-state index in [0.29, 0.717) is 0 Å². The lowest BCUT2D eigenvalue weighted by Gasteiger charge is -2.08. The van der Waals surface area contributed by atoms with E-state index in [1.54, 1.807) is 24.8 Å². The van der Waals surface area contributed by atoms with Crippen LogP contribution in [0.3, 0.4) is 0 Å². The first-order valence-electron chi connectivity index (χ1n) is 20.8. The van der Waals surface area contributed by atoms with Crippen LogP contribution in [0, 0.1) is 104 Å². The molecule has 6 aromatic rings. The van der Waals surface area contributed by atoms with Gasteiger partial charge in [-0.1, -0.05) is 69.8 Å². The molecule has 16 heteroatoms. The van der Waals surface area contributed by atoms with Crippen molar-refractivity contribution in [1.82, 2.24) is 19.9 Å². The van der Waals surface area contributed by atoms with E-state index in [-0.39, 0.29) is 19.2 Å². The van der Waals surface area contributed by atoms with Gasteiger partial charge in [0.15, 0.2) is 0 Å². The largest absolute Gasteiger partial charge is 0.459 e. The number of alkyl halides is 1. The highest BCUT2D eigenvalue weighted by Crippen LogP contribution is 2.25. The molecule has 0 fully saturated rings. The number of esters is 1. The molecular weight excluding hydrogens is 1160 g/mol. The quantitative estimate of drug-likeness (QED) is 0.0679. The number of nitrogens with zero attached hydrogens (tertiary/aromatic N) is 6. The van der Waals surface area contributed by atoms with Crippen molar-refractivity contribution in [3.63, 3.8) is 0 Å². The second-order valence-electron chi connectivity index (χ2n) is 15.8. The van der Waals surface area contributed by atoms with Crippen LogP contribution >= 0.6 is 79.6 Å². The number of pyridine rings is 6. The summed E-state index contributed by atoms with van der Waals surface area (Å²) < 4.78 is 11.5. The van der Waals surface area contributed by atoms with E-state index in [1.807, 2.05) is 102 Å². The number of rotatable bonds is 4. The van der Waals surface area contributed by atoms with Crippen LogP contribution in [0.15, 0.2) is 67.2 Å². The third-order valence-corrected chi connectivity index (χ3v) is 15.7. The highest BCUT2D eigenvalue weighted by Gasteiger charge is 2.14. The Hall–Kier alpha value is -3.67. The summed E-state index contributed by atoms with van der Waals surface area (Å²) in [5, 5.41) is 28.2. The maximum absolute atomic E-state index is 10.6. The first-order valence-corrected chi connectivity index (χ1v) is 25.1. The predicted octanol–water partition coefficient (Wildman–Crippen LogP) is 12.9. The lowest BCUT2D eigenvalue weighted by atomic mass is 10.2. The third-order valence-electron chi connectivity index (χ3n) is 10.3. The van der Waals surface area contributed by atoms with Crippen LogP contribution in [0.2, 0.25) is 0 Å². The fraction of sp³-hybridized carbons (Fsp3) is 0.380. The smallest absolute Gasteiger partial charge is 0.303 e. The number of ether oxygens (including phenoxy) is 1. The Labute approximate surface area is 434 Å². The maximum atomic E-state index is 10.6. The fourth-order valence-corrected chi connectivity index (χ4v) is 7.51. The van der Waals surface area contributed by atoms with E-state index in [4.69, 9.17) is 9.84 Å². The molecule has 0 radical (unpaired) electrons. The summed E-state index contributed by atoms with van der Waals surface area (Å²) in [5.41, 5.74) is 18.9. The van der Waals surface area contributed by atoms with E-state index in [2.05, 4.69) is 126 Å². The van der Waals surface area contributed by atoms with Crippen LogP contribution < -0.4 is 9.46 Å². The summed E-state index contributed by atoms with van der Waals surface area (Å²) in [6.07, 6.45) is 10.7. The molecule has 0 amide bonds. The van der Waals surface area contributed by atoms with Crippen molar-refractivity contribution in [2.75, 3.05) is 0 Å².